The molecule has 2 aromatic carbocycles. The van der Waals surface area contributed by atoms with Crippen molar-refractivity contribution in [2.24, 2.45) is 5.92 Å². The van der Waals surface area contributed by atoms with Gasteiger partial charge in [-0.2, -0.15) is 0 Å². The molecule has 2 fully saturated rings. The van der Waals surface area contributed by atoms with Gasteiger partial charge in [-0.3, -0.25) is 15.0 Å². The number of carbonyl (C=O) groups is 2. The number of benzene rings is 2. The Morgan fingerprint density at radius 1 is 1.16 bits per heavy atom. The van der Waals surface area contributed by atoms with Gasteiger partial charge in [-0.05, 0) is 50.3 Å². The molecule has 1 saturated heterocycles. The van der Waals surface area contributed by atoms with E-state index in [1.54, 1.807) is 16.8 Å². The molecule has 2 aliphatic rings. The van der Waals surface area contributed by atoms with Crippen LogP contribution < -0.4 is 5.43 Å². The van der Waals surface area contributed by atoms with Crippen LogP contribution in [0.2, 0.25) is 0 Å². The molecule has 1 aromatic heterocycles. The Labute approximate surface area is 192 Å². The first kappa shape index (κ1) is 21.1. The van der Waals surface area contributed by atoms with Gasteiger partial charge in [-0.1, -0.05) is 61.7 Å². The van der Waals surface area contributed by atoms with E-state index in [4.69, 9.17) is 0 Å². The van der Waals surface area contributed by atoms with Gasteiger partial charge < -0.3 is 4.98 Å². The summed E-state index contributed by atoms with van der Waals surface area (Å²) in [5, 5.41) is 2.52. The zero-order valence-corrected chi connectivity index (χ0v) is 19.6. The Balaban J connectivity index is 1.57. The molecule has 2 heterocycles. The van der Waals surface area contributed by atoms with Gasteiger partial charge in [0.2, 0.25) is 0 Å². The van der Waals surface area contributed by atoms with E-state index in [0.29, 0.717) is 11.6 Å². The topological polar surface area (TPSA) is 65.2 Å². The molecule has 3 atom stereocenters. The molecule has 1 aliphatic heterocycles. The molecule has 2 N–H and O–H groups in total. The van der Waals surface area contributed by atoms with Crippen molar-refractivity contribution in [2.45, 2.75) is 56.6 Å². The minimum atomic E-state index is -0.361. The van der Waals surface area contributed by atoms with Crippen molar-refractivity contribution in [1.29, 1.82) is 0 Å². The number of amides is 2. The maximum absolute atomic E-state index is 13.7. The lowest BCUT2D eigenvalue weighted by atomic mass is 9.84. The molecule has 32 heavy (non-hydrogen) atoms. The smallest absolute Gasteiger partial charge is 0.286 e. The highest BCUT2D eigenvalue weighted by atomic mass is 32.2. The molecule has 0 bridgehead atoms. The number of aromatic nitrogens is 1. The highest BCUT2D eigenvalue weighted by Crippen LogP contribution is 2.52. The van der Waals surface area contributed by atoms with Crippen LogP contribution in [0.1, 0.15) is 55.6 Å². The monoisotopic (exact) mass is 447 g/mol. The quantitative estimate of drug-likeness (QED) is 0.545. The molecule has 6 heteroatoms. The SMILES string of the molecule is Cc1ccc2[nH]c(C(=O)NN3C(=O)C(C)SC34CCCCC4C)c(-c3ccccc3)c2c1. The number of thioether (sulfide) groups is 1. The van der Waals surface area contributed by atoms with Crippen LogP contribution in [0.4, 0.5) is 0 Å². The molecule has 5 rings (SSSR count). The molecule has 3 unspecified atom stereocenters. The van der Waals surface area contributed by atoms with Crippen LogP contribution in [-0.2, 0) is 4.79 Å². The fraction of sp³-hybridized carbons (Fsp3) is 0.385. The van der Waals surface area contributed by atoms with Crippen molar-refractivity contribution in [3.63, 3.8) is 0 Å². The minimum absolute atomic E-state index is 0.00897. The number of rotatable bonds is 3. The Hall–Kier alpha value is -2.73. The zero-order valence-electron chi connectivity index (χ0n) is 18.8. The van der Waals surface area contributed by atoms with Gasteiger partial charge in [0.05, 0.1) is 5.25 Å². The van der Waals surface area contributed by atoms with E-state index in [0.717, 1.165) is 46.9 Å². The Morgan fingerprint density at radius 2 is 1.94 bits per heavy atom. The molecular weight excluding hydrogens is 418 g/mol. The standard InChI is InChI=1S/C26H29N3O2S/c1-16-12-13-21-20(15-16)22(19-10-5-4-6-11-19)23(27-21)24(30)28-29-25(31)18(3)32-26(29)14-8-7-9-17(26)2/h4-6,10-13,15,17-18,27H,7-9,14H2,1-3H3,(H,28,30). The number of fused-ring (bicyclic) bond motifs is 1. The van der Waals surface area contributed by atoms with Crippen LogP contribution in [-0.4, -0.2) is 31.9 Å². The van der Waals surface area contributed by atoms with Crippen LogP contribution in [0, 0.1) is 12.8 Å². The van der Waals surface area contributed by atoms with Gasteiger partial charge in [0, 0.05) is 16.5 Å². The number of hydrogen-bond donors (Lipinski definition) is 2. The fourth-order valence-corrected chi connectivity index (χ4v) is 6.95. The number of nitrogens with zero attached hydrogens (tertiary/aromatic N) is 1. The molecule has 2 amide bonds. The summed E-state index contributed by atoms with van der Waals surface area (Å²) >= 11 is 1.71. The normalized spacial score (nSPS) is 25.6. The molecule has 5 nitrogen and oxygen atoms in total. The molecular formula is C26H29N3O2S. The second kappa shape index (κ2) is 8.00. The van der Waals surface area contributed by atoms with E-state index in [1.807, 2.05) is 49.4 Å². The average molecular weight is 448 g/mol. The Kier molecular flexibility index (Phi) is 5.28. The first-order valence-electron chi connectivity index (χ1n) is 11.4. The van der Waals surface area contributed by atoms with Crippen LogP contribution in [0.3, 0.4) is 0 Å². The number of carbonyl (C=O) groups excluding carboxylic acids is 2. The summed E-state index contributed by atoms with van der Waals surface area (Å²) in [4.78, 5) is 29.8. The van der Waals surface area contributed by atoms with Crippen LogP contribution in [0.15, 0.2) is 48.5 Å². The van der Waals surface area contributed by atoms with Gasteiger partial charge >= 0.3 is 0 Å². The molecule has 3 aromatic rings. The van der Waals surface area contributed by atoms with E-state index in [1.165, 1.54) is 6.42 Å². The van der Waals surface area contributed by atoms with E-state index in [2.05, 4.69) is 30.3 Å². The number of hydrazine groups is 1. The highest BCUT2D eigenvalue weighted by Gasteiger charge is 2.55. The number of nitrogens with one attached hydrogen (secondary N) is 2. The Bertz CT molecular complexity index is 1190. The van der Waals surface area contributed by atoms with Crippen LogP contribution >= 0.6 is 11.8 Å². The van der Waals surface area contributed by atoms with Crippen molar-refractivity contribution in [3.05, 3.63) is 59.8 Å². The molecule has 0 radical (unpaired) electrons. The maximum atomic E-state index is 13.7. The van der Waals surface area contributed by atoms with Crippen LogP contribution in [0.25, 0.3) is 22.0 Å². The molecule has 1 saturated carbocycles. The Morgan fingerprint density at radius 3 is 2.69 bits per heavy atom. The largest absolute Gasteiger partial charge is 0.350 e. The van der Waals surface area contributed by atoms with Gasteiger partial charge in [-0.15, -0.1) is 11.8 Å². The second-order valence-electron chi connectivity index (χ2n) is 9.16. The number of aromatic amines is 1. The summed E-state index contributed by atoms with van der Waals surface area (Å²) in [5.41, 5.74) is 7.44. The van der Waals surface area contributed by atoms with E-state index >= 15 is 0 Å². The van der Waals surface area contributed by atoms with Crippen molar-refractivity contribution < 1.29 is 9.59 Å². The summed E-state index contributed by atoms with van der Waals surface area (Å²) < 4.78 is 0. The predicted molar refractivity (Wildman–Crippen MR) is 130 cm³/mol. The third-order valence-electron chi connectivity index (χ3n) is 6.98. The summed E-state index contributed by atoms with van der Waals surface area (Å²) in [6.07, 6.45) is 4.23. The summed E-state index contributed by atoms with van der Waals surface area (Å²) in [7, 11) is 0. The predicted octanol–water partition coefficient (Wildman–Crippen LogP) is 5.66. The highest BCUT2D eigenvalue weighted by molar-refractivity contribution is 8.02. The maximum Gasteiger partial charge on any atom is 0.286 e. The molecule has 1 aliphatic carbocycles. The van der Waals surface area contributed by atoms with Crippen molar-refractivity contribution in [1.82, 2.24) is 15.4 Å². The van der Waals surface area contributed by atoms with Crippen LogP contribution in [0.5, 0.6) is 0 Å². The third-order valence-corrected chi connectivity index (χ3v) is 8.73. The van der Waals surface area contributed by atoms with E-state index < -0.39 is 0 Å². The summed E-state index contributed by atoms with van der Waals surface area (Å²) in [6, 6.07) is 16.1. The lowest BCUT2D eigenvalue weighted by Gasteiger charge is -2.44. The van der Waals surface area contributed by atoms with Crippen molar-refractivity contribution in [2.75, 3.05) is 0 Å². The first-order valence-corrected chi connectivity index (χ1v) is 12.3. The number of hydrogen-bond acceptors (Lipinski definition) is 3. The summed E-state index contributed by atoms with van der Waals surface area (Å²) in [6.45, 7) is 6.21. The number of aryl methyl sites for hydroxylation is 1. The minimum Gasteiger partial charge on any atom is -0.350 e. The fourth-order valence-electron chi connectivity index (χ4n) is 5.27. The van der Waals surface area contributed by atoms with Crippen molar-refractivity contribution >= 4 is 34.5 Å². The van der Waals surface area contributed by atoms with Crippen molar-refractivity contribution in [3.8, 4) is 11.1 Å². The van der Waals surface area contributed by atoms with Gasteiger partial charge in [0.25, 0.3) is 11.8 Å². The van der Waals surface area contributed by atoms with Gasteiger partial charge in [0.15, 0.2) is 0 Å². The third kappa shape index (κ3) is 3.32. The van der Waals surface area contributed by atoms with E-state index in [9.17, 15) is 9.59 Å². The van der Waals surface area contributed by atoms with E-state index in [-0.39, 0.29) is 21.9 Å². The lowest BCUT2D eigenvalue weighted by molar-refractivity contribution is -0.137. The van der Waals surface area contributed by atoms with Gasteiger partial charge in [-0.25, -0.2) is 5.01 Å². The zero-order chi connectivity index (χ0) is 22.5. The number of H-pyrrole nitrogens is 1. The summed E-state index contributed by atoms with van der Waals surface area (Å²) in [5.74, 6) is 0.0534. The lowest BCUT2D eigenvalue weighted by Crippen LogP contribution is -2.58. The van der Waals surface area contributed by atoms with Gasteiger partial charge in [0.1, 0.15) is 10.6 Å². The molecule has 166 valence electrons. The first-order chi connectivity index (χ1) is 15.4. The average Bonchev–Trinajstić information content (AvgIpc) is 3.27. The second-order valence-corrected chi connectivity index (χ2v) is 10.8. The molecule has 1 spiro atoms.